The Morgan fingerprint density at radius 2 is 1.04 bits per heavy atom. The molecule has 0 unspecified atom stereocenters. The van der Waals surface area contributed by atoms with Crippen LogP contribution in [0.4, 0.5) is 0 Å². The van der Waals surface area contributed by atoms with Gasteiger partial charge in [-0.15, -0.1) is 45.3 Å². The number of benzene rings is 1. The van der Waals surface area contributed by atoms with Gasteiger partial charge in [-0.3, -0.25) is 9.59 Å². The van der Waals surface area contributed by atoms with E-state index < -0.39 is 0 Å². The summed E-state index contributed by atoms with van der Waals surface area (Å²) in [6.07, 6.45) is 0. The SMILES string of the molecule is O=c1c2cc3c(cc2c2sc4ccsc4c12)c(=O)c1c2sccc2sc31. The van der Waals surface area contributed by atoms with Gasteiger partial charge in [0.1, 0.15) is 0 Å². The largest absolute Gasteiger partial charge is 0.288 e. The van der Waals surface area contributed by atoms with Crippen molar-refractivity contribution in [2.45, 2.75) is 0 Å². The highest BCUT2D eigenvalue weighted by molar-refractivity contribution is 7.33. The van der Waals surface area contributed by atoms with E-state index in [0.717, 1.165) is 60.5 Å². The Morgan fingerprint density at radius 3 is 1.50 bits per heavy atom. The van der Waals surface area contributed by atoms with Crippen molar-refractivity contribution in [1.82, 2.24) is 0 Å². The maximum absolute atomic E-state index is 13.1. The Balaban J connectivity index is 1.79. The lowest BCUT2D eigenvalue weighted by atomic mass is 10.1. The van der Waals surface area contributed by atoms with Crippen LogP contribution in [0.3, 0.4) is 0 Å². The molecule has 0 radical (unpaired) electrons. The monoisotopic (exact) mass is 406 g/mol. The molecule has 7 rings (SSSR count). The summed E-state index contributed by atoms with van der Waals surface area (Å²) in [6, 6.07) is 8.06. The Morgan fingerprint density at radius 1 is 0.577 bits per heavy atom. The van der Waals surface area contributed by atoms with Crippen LogP contribution in [-0.4, -0.2) is 0 Å². The van der Waals surface area contributed by atoms with E-state index in [9.17, 15) is 9.59 Å². The zero-order chi connectivity index (χ0) is 17.2. The van der Waals surface area contributed by atoms with Gasteiger partial charge in [-0.25, -0.2) is 0 Å². The minimum Gasteiger partial charge on any atom is -0.288 e. The Labute approximate surface area is 160 Å². The third kappa shape index (κ3) is 1.42. The van der Waals surface area contributed by atoms with Crippen LogP contribution >= 0.6 is 45.3 Å². The Bertz CT molecular complexity index is 1640. The maximum Gasteiger partial charge on any atom is 0.196 e. The van der Waals surface area contributed by atoms with Crippen molar-refractivity contribution in [3.63, 3.8) is 0 Å². The molecule has 4 aromatic heterocycles. The molecule has 0 atom stereocenters. The molecule has 4 heterocycles. The third-order valence-electron chi connectivity index (χ3n) is 5.18. The van der Waals surface area contributed by atoms with Gasteiger partial charge in [0.15, 0.2) is 10.9 Å². The molecule has 0 aliphatic rings. The first kappa shape index (κ1) is 14.0. The van der Waals surface area contributed by atoms with Crippen LogP contribution < -0.4 is 10.9 Å². The maximum atomic E-state index is 13.1. The molecule has 0 fully saturated rings. The molecule has 0 N–H and O–H groups in total. The summed E-state index contributed by atoms with van der Waals surface area (Å²) in [6.45, 7) is 0. The number of hydrogen-bond acceptors (Lipinski definition) is 6. The van der Waals surface area contributed by atoms with E-state index in [1.54, 1.807) is 45.3 Å². The summed E-state index contributed by atoms with van der Waals surface area (Å²) >= 11 is 6.56. The molecule has 0 bridgehead atoms. The fourth-order valence-electron chi connectivity index (χ4n) is 4.06. The van der Waals surface area contributed by atoms with Crippen LogP contribution in [0, 0.1) is 0 Å². The van der Waals surface area contributed by atoms with Crippen LogP contribution in [0.25, 0.3) is 60.5 Å². The highest BCUT2D eigenvalue weighted by Gasteiger charge is 2.22. The molecule has 2 nitrogen and oxygen atoms in total. The van der Waals surface area contributed by atoms with Gasteiger partial charge in [0.25, 0.3) is 0 Å². The molecule has 0 aliphatic carbocycles. The van der Waals surface area contributed by atoms with E-state index in [4.69, 9.17) is 0 Å². The third-order valence-corrected chi connectivity index (χ3v) is 9.68. The summed E-state index contributed by atoms with van der Waals surface area (Å²) in [7, 11) is 0. The van der Waals surface area contributed by atoms with Gasteiger partial charge in [0, 0.05) is 40.3 Å². The molecule has 3 aromatic carbocycles. The van der Waals surface area contributed by atoms with Crippen LogP contribution in [0.15, 0.2) is 44.6 Å². The van der Waals surface area contributed by atoms with Crippen molar-refractivity contribution in [3.05, 3.63) is 55.5 Å². The van der Waals surface area contributed by atoms with Gasteiger partial charge < -0.3 is 0 Å². The van der Waals surface area contributed by atoms with Crippen molar-refractivity contribution in [2.75, 3.05) is 0 Å². The first-order valence-electron chi connectivity index (χ1n) is 8.00. The molecule has 7 aromatic rings. The van der Waals surface area contributed by atoms with Crippen molar-refractivity contribution >= 4 is 106 Å². The summed E-state index contributed by atoms with van der Waals surface area (Å²) in [4.78, 5) is 26.2. The smallest absolute Gasteiger partial charge is 0.196 e. The summed E-state index contributed by atoms with van der Waals surface area (Å²) in [5, 5.41) is 9.09. The molecule has 0 saturated carbocycles. The molecule has 0 aliphatic heterocycles. The number of thiophene rings is 4. The zero-order valence-corrected chi connectivity index (χ0v) is 16.2. The van der Waals surface area contributed by atoms with Crippen molar-refractivity contribution < 1.29 is 0 Å². The lowest BCUT2D eigenvalue weighted by molar-refractivity contribution is 1.88. The fraction of sp³-hybridized carbons (Fsp3) is 0. The van der Waals surface area contributed by atoms with E-state index in [0.29, 0.717) is 0 Å². The molecular formula is C20H6O2S4. The van der Waals surface area contributed by atoms with Crippen molar-refractivity contribution in [2.24, 2.45) is 0 Å². The molecule has 0 saturated heterocycles. The number of fused-ring (bicyclic) bond motifs is 10. The highest BCUT2D eigenvalue weighted by atomic mass is 32.1. The van der Waals surface area contributed by atoms with Gasteiger partial charge in [-0.2, -0.15) is 0 Å². The number of rotatable bonds is 0. The van der Waals surface area contributed by atoms with Gasteiger partial charge >= 0.3 is 0 Å². The Kier molecular flexibility index (Phi) is 2.37. The lowest BCUT2D eigenvalue weighted by Gasteiger charge is -1.92. The van der Waals surface area contributed by atoms with Gasteiger partial charge in [0.2, 0.25) is 0 Å². The van der Waals surface area contributed by atoms with Gasteiger partial charge in [-0.1, -0.05) is 0 Å². The van der Waals surface area contributed by atoms with E-state index in [1.807, 2.05) is 22.9 Å². The van der Waals surface area contributed by atoms with E-state index >= 15 is 0 Å². The molecular weight excluding hydrogens is 400 g/mol. The second kappa shape index (κ2) is 4.40. The summed E-state index contributed by atoms with van der Waals surface area (Å²) in [5.41, 5.74) is 0.205. The molecule has 122 valence electrons. The standard InChI is InChI=1S/C20H6O2S4/c21-15-7-6-10-8(16(22)14-18(10)26-12-2-4-24-20(12)14)5-9(7)17-13(15)19-11(25-17)1-3-23-19/h1-6H. The average molecular weight is 407 g/mol. The van der Waals surface area contributed by atoms with Crippen LogP contribution in [-0.2, 0) is 0 Å². The van der Waals surface area contributed by atoms with Crippen LogP contribution in [0.1, 0.15) is 0 Å². The van der Waals surface area contributed by atoms with Gasteiger partial charge in [0.05, 0.1) is 20.2 Å². The van der Waals surface area contributed by atoms with Crippen LogP contribution in [0.5, 0.6) is 0 Å². The predicted octanol–water partition coefficient (Wildman–Crippen LogP) is 6.45. The normalized spacial score (nSPS) is 12.9. The van der Waals surface area contributed by atoms with E-state index in [2.05, 4.69) is 12.1 Å². The van der Waals surface area contributed by atoms with E-state index in [1.165, 1.54) is 0 Å². The lowest BCUT2D eigenvalue weighted by Crippen LogP contribution is -1.95. The average Bonchev–Trinajstić information content (AvgIpc) is 3.40. The molecule has 6 heteroatoms. The van der Waals surface area contributed by atoms with Crippen molar-refractivity contribution in [3.8, 4) is 0 Å². The fourth-order valence-corrected chi connectivity index (χ4v) is 8.83. The second-order valence-electron chi connectivity index (χ2n) is 6.44. The predicted molar refractivity (Wildman–Crippen MR) is 118 cm³/mol. The van der Waals surface area contributed by atoms with E-state index in [-0.39, 0.29) is 10.9 Å². The summed E-state index contributed by atoms with van der Waals surface area (Å²) in [5.74, 6) is 0. The summed E-state index contributed by atoms with van der Waals surface area (Å²) < 4.78 is 6.53. The topological polar surface area (TPSA) is 34.1 Å². The van der Waals surface area contributed by atoms with Crippen LogP contribution in [0.2, 0.25) is 0 Å². The highest BCUT2D eigenvalue weighted by Crippen LogP contribution is 2.44. The molecule has 0 amide bonds. The second-order valence-corrected chi connectivity index (χ2v) is 10.4. The van der Waals surface area contributed by atoms with Gasteiger partial charge in [-0.05, 0) is 35.0 Å². The quantitative estimate of drug-likeness (QED) is 0.290. The van der Waals surface area contributed by atoms with Crippen molar-refractivity contribution in [1.29, 1.82) is 0 Å². The first-order chi connectivity index (χ1) is 12.7. The minimum absolute atomic E-state index is 0.103. The Hall–Kier alpha value is -2.12. The molecule has 0 spiro atoms. The first-order valence-corrected chi connectivity index (χ1v) is 11.4. The zero-order valence-electron chi connectivity index (χ0n) is 12.9. The number of hydrogen-bond donors (Lipinski definition) is 0. The molecule has 26 heavy (non-hydrogen) atoms. The minimum atomic E-state index is 0.103.